The summed E-state index contributed by atoms with van der Waals surface area (Å²) in [6.45, 7) is 5.39. The Morgan fingerprint density at radius 2 is 2.00 bits per heavy atom. The van der Waals surface area contributed by atoms with Crippen LogP contribution in [0.5, 0.6) is 5.75 Å². The molecule has 2 aromatic carbocycles. The number of halogens is 1. The lowest BCUT2D eigenvalue weighted by Gasteiger charge is -2.24. The van der Waals surface area contributed by atoms with E-state index in [2.05, 4.69) is 11.6 Å². The Morgan fingerprint density at radius 3 is 2.71 bits per heavy atom. The molecule has 9 heteroatoms. The summed E-state index contributed by atoms with van der Waals surface area (Å²) in [5.74, 6) is 1.24. The summed E-state index contributed by atoms with van der Waals surface area (Å²) in [7, 11) is 1.58. The van der Waals surface area contributed by atoms with Crippen molar-refractivity contribution in [3.63, 3.8) is 0 Å². The van der Waals surface area contributed by atoms with Gasteiger partial charge in [0.25, 0.3) is 5.56 Å². The monoisotopic (exact) mass is 546 g/mol. The van der Waals surface area contributed by atoms with Crippen molar-refractivity contribution in [2.45, 2.75) is 13.0 Å². The Morgan fingerprint density at radius 1 is 1.21 bits per heavy atom. The molecule has 38 heavy (non-hydrogen) atoms. The molecule has 0 spiro atoms. The maximum atomic E-state index is 13.7. The highest BCUT2D eigenvalue weighted by Gasteiger charge is 2.33. The van der Waals surface area contributed by atoms with Gasteiger partial charge in [-0.2, -0.15) is 0 Å². The molecule has 1 aliphatic rings. The maximum Gasteiger partial charge on any atom is 0.338 e. The molecule has 2 aromatic heterocycles. The fourth-order valence-corrected chi connectivity index (χ4v) is 5.47. The van der Waals surface area contributed by atoms with Crippen LogP contribution < -0.4 is 19.6 Å². The average Bonchev–Trinajstić information content (AvgIpc) is 3.51. The fourth-order valence-electron chi connectivity index (χ4n) is 4.25. The molecule has 0 radical (unpaired) electrons. The SMILES string of the molecule is C=CCOC(=O)C1=C(C)N=c2s/c(=C\c3ccc(-c4cccc(Cl)c4)o3)c(=O)n2[C@@H]1c1ccc(OC)cc1. The molecule has 192 valence electrons. The lowest BCUT2D eigenvalue weighted by molar-refractivity contribution is -0.138. The van der Waals surface area contributed by atoms with Gasteiger partial charge in [0, 0.05) is 16.7 Å². The van der Waals surface area contributed by atoms with Gasteiger partial charge in [-0.1, -0.05) is 59.9 Å². The molecule has 4 aromatic rings. The van der Waals surface area contributed by atoms with E-state index in [9.17, 15) is 9.59 Å². The van der Waals surface area contributed by atoms with Crippen molar-refractivity contribution >= 4 is 35.0 Å². The van der Waals surface area contributed by atoms with Gasteiger partial charge in [-0.3, -0.25) is 9.36 Å². The number of hydrogen-bond acceptors (Lipinski definition) is 7. The molecule has 0 saturated heterocycles. The zero-order valence-electron chi connectivity index (χ0n) is 20.6. The quantitative estimate of drug-likeness (QED) is 0.243. The number of hydrogen-bond donors (Lipinski definition) is 0. The first kappa shape index (κ1) is 25.5. The Labute approximate surface area is 227 Å². The minimum Gasteiger partial charge on any atom is -0.497 e. The first-order chi connectivity index (χ1) is 18.4. The molecule has 0 bridgehead atoms. The van der Waals surface area contributed by atoms with E-state index in [1.807, 2.05) is 36.4 Å². The van der Waals surface area contributed by atoms with Crippen LogP contribution in [0.2, 0.25) is 5.02 Å². The van der Waals surface area contributed by atoms with Crippen molar-refractivity contribution in [3.05, 3.63) is 121 Å². The Hall–Kier alpha value is -4.14. The van der Waals surface area contributed by atoms with Crippen molar-refractivity contribution in [3.8, 4) is 17.1 Å². The number of furan rings is 1. The number of esters is 1. The van der Waals surface area contributed by atoms with Gasteiger partial charge >= 0.3 is 5.97 Å². The summed E-state index contributed by atoms with van der Waals surface area (Å²) in [6.07, 6.45) is 3.17. The van der Waals surface area contributed by atoms with Gasteiger partial charge in [-0.05, 0) is 48.9 Å². The first-order valence-electron chi connectivity index (χ1n) is 11.7. The van der Waals surface area contributed by atoms with Crippen LogP contribution in [0.25, 0.3) is 17.4 Å². The molecule has 0 saturated carbocycles. The Bertz CT molecular complexity index is 1740. The molecule has 0 N–H and O–H groups in total. The third kappa shape index (κ3) is 4.88. The minimum absolute atomic E-state index is 0.0445. The zero-order chi connectivity index (χ0) is 26.8. The van der Waals surface area contributed by atoms with Crippen LogP contribution >= 0.6 is 22.9 Å². The largest absolute Gasteiger partial charge is 0.497 e. The van der Waals surface area contributed by atoms with Crippen LogP contribution in [0, 0.1) is 0 Å². The Balaban J connectivity index is 1.62. The number of ether oxygens (including phenoxy) is 2. The van der Waals surface area contributed by atoms with Crippen molar-refractivity contribution in [1.82, 2.24) is 4.57 Å². The smallest absolute Gasteiger partial charge is 0.338 e. The van der Waals surface area contributed by atoms with E-state index < -0.39 is 12.0 Å². The van der Waals surface area contributed by atoms with E-state index >= 15 is 0 Å². The molecular weight excluding hydrogens is 524 g/mol. The van der Waals surface area contributed by atoms with E-state index in [1.165, 1.54) is 22.0 Å². The standard InChI is InChI=1S/C29H23ClN2O5S/c1-4-14-36-28(34)25-17(2)31-29-32(26(25)18-8-10-21(35-3)11-9-18)27(33)24(38-29)16-22-12-13-23(37-22)19-6-5-7-20(30)15-19/h4-13,15-16,26H,1,14H2,2-3H3/b24-16-/t26-/m1/s1. The number of methoxy groups -OCH3 is 1. The van der Waals surface area contributed by atoms with Gasteiger partial charge in [-0.15, -0.1) is 0 Å². The van der Waals surface area contributed by atoms with Gasteiger partial charge in [0.05, 0.1) is 29.0 Å². The van der Waals surface area contributed by atoms with E-state index in [1.54, 1.807) is 44.4 Å². The van der Waals surface area contributed by atoms with Crippen molar-refractivity contribution in [2.75, 3.05) is 13.7 Å². The van der Waals surface area contributed by atoms with Gasteiger partial charge < -0.3 is 13.9 Å². The molecule has 1 atom stereocenters. The normalized spacial score (nSPS) is 15.1. The van der Waals surface area contributed by atoms with E-state index in [0.717, 1.165) is 11.1 Å². The summed E-state index contributed by atoms with van der Waals surface area (Å²) in [4.78, 5) is 31.9. The number of rotatable bonds is 7. The summed E-state index contributed by atoms with van der Waals surface area (Å²) in [5.41, 5.74) is 2.03. The predicted octanol–water partition coefficient (Wildman–Crippen LogP) is 4.89. The fraction of sp³-hybridized carbons (Fsp3) is 0.138. The number of carbonyl (C=O) groups excluding carboxylic acids is 1. The third-order valence-corrected chi connectivity index (χ3v) is 7.23. The van der Waals surface area contributed by atoms with Gasteiger partial charge in [0.1, 0.15) is 23.9 Å². The number of fused-ring (bicyclic) bond motifs is 1. The van der Waals surface area contributed by atoms with E-state index in [4.69, 9.17) is 25.5 Å². The summed E-state index contributed by atoms with van der Waals surface area (Å²) >= 11 is 7.34. The Kier molecular flexibility index (Phi) is 7.18. The molecule has 0 aliphatic carbocycles. The van der Waals surface area contributed by atoms with Gasteiger partial charge in [0.15, 0.2) is 4.80 Å². The van der Waals surface area contributed by atoms with Crippen LogP contribution in [0.4, 0.5) is 0 Å². The number of thiazole rings is 1. The second kappa shape index (κ2) is 10.7. The van der Waals surface area contributed by atoms with Crippen LogP contribution in [0.1, 0.15) is 24.3 Å². The van der Waals surface area contributed by atoms with Crippen molar-refractivity contribution < 1.29 is 18.7 Å². The lowest BCUT2D eigenvalue weighted by atomic mass is 9.96. The van der Waals surface area contributed by atoms with Gasteiger partial charge in [0.2, 0.25) is 0 Å². The second-order valence-electron chi connectivity index (χ2n) is 8.45. The molecule has 0 unspecified atom stereocenters. The molecule has 3 heterocycles. The highest BCUT2D eigenvalue weighted by Crippen LogP contribution is 2.32. The average molecular weight is 547 g/mol. The van der Waals surface area contributed by atoms with E-state index in [0.29, 0.717) is 37.3 Å². The van der Waals surface area contributed by atoms with Crippen LogP contribution in [-0.4, -0.2) is 24.3 Å². The third-order valence-electron chi connectivity index (χ3n) is 6.01. The minimum atomic E-state index is -0.727. The lowest BCUT2D eigenvalue weighted by Crippen LogP contribution is -2.39. The first-order valence-corrected chi connectivity index (χ1v) is 12.9. The van der Waals surface area contributed by atoms with Crippen LogP contribution in [0.3, 0.4) is 0 Å². The van der Waals surface area contributed by atoms with Crippen LogP contribution in [0.15, 0.2) is 98.8 Å². The maximum absolute atomic E-state index is 13.7. The topological polar surface area (TPSA) is 83.0 Å². The molecule has 7 nitrogen and oxygen atoms in total. The number of benzene rings is 2. The number of carbonyl (C=O) groups is 1. The highest BCUT2D eigenvalue weighted by atomic mass is 35.5. The van der Waals surface area contributed by atoms with E-state index in [-0.39, 0.29) is 17.7 Å². The van der Waals surface area contributed by atoms with Crippen LogP contribution in [-0.2, 0) is 9.53 Å². The molecular formula is C29H23ClN2O5S. The highest BCUT2D eigenvalue weighted by molar-refractivity contribution is 7.07. The van der Waals surface area contributed by atoms with Crippen molar-refractivity contribution in [2.24, 2.45) is 4.99 Å². The zero-order valence-corrected chi connectivity index (χ0v) is 22.2. The summed E-state index contributed by atoms with van der Waals surface area (Å²) in [6, 6.07) is 17.4. The number of aromatic nitrogens is 1. The molecule has 1 aliphatic heterocycles. The number of nitrogens with zero attached hydrogens (tertiary/aromatic N) is 2. The predicted molar refractivity (Wildman–Crippen MR) is 147 cm³/mol. The summed E-state index contributed by atoms with van der Waals surface area (Å²) in [5, 5.41) is 0.602. The number of allylic oxidation sites excluding steroid dienone is 1. The second-order valence-corrected chi connectivity index (χ2v) is 9.90. The molecule has 5 rings (SSSR count). The summed E-state index contributed by atoms with van der Waals surface area (Å²) < 4.78 is 18.6. The van der Waals surface area contributed by atoms with Crippen molar-refractivity contribution in [1.29, 1.82) is 0 Å². The van der Waals surface area contributed by atoms with Gasteiger partial charge in [-0.25, -0.2) is 9.79 Å². The molecule has 0 fully saturated rings. The molecule has 0 amide bonds.